The SMILES string of the molecule is CC(C)N1CCC(C(=O)NCC(F)(F)F)CC1. The quantitative estimate of drug-likeness (QED) is 0.830. The lowest BCUT2D eigenvalue weighted by molar-refractivity contribution is -0.141. The number of carbonyl (C=O) groups is 1. The molecular formula is C11H19F3N2O. The average Bonchev–Trinajstić information content (AvgIpc) is 2.25. The number of likely N-dealkylation sites (tertiary alicyclic amines) is 1. The van der Waals surface area contributed by atoms with Crippen molar-refractivity contribution in [3.63, 3.8) is 0 Å². The summed E-state index contributed by atoms with van der Waals surface area (Å²) in [5.41, 5.74) is 0. The highest BCUT2D eigenvalue weighted by atomic mass is 19.4. The van der Waals surface area contributed by atoms with Gasteiger partial charge in [-0.1, -0.05) is 0 Å². The standard InChI is InChI=1S/C11H19F3N2O/c1-8(2)16-5-3-9(4-6-16)10(17)15-7-11(12,13)14/h8-9H,3-7H2,1-2H3,(H,15,17). The maximum atomic E-state index is 11.9. The lowest BCUT2D eigenvalue weighted by atomic mass is 9.95. The van der Waals surface area contributed by atoms with Crippen LogP contribution in [-0.2, 0) is 4.79 Å². The van der Waals surface area contributed by atoms with Gasteiger partial charge in [-0.3, -0.25) is 4.79 Å². The number of hydrogen-bond donors (Lipinski definition) is 1. The van der Waals surface area contributed by atoms with Crippen LogP contribution in [0.2, 0.25) is 0 Å². The van der Waals surface area contributed by atoms with Crippen LogP contribution in [0.3, 0.4) is 0 Å². The first kappa shape index (κ1) is 14.3. The van der Waals surface area contributed by atoms with Gasteiger partial charge in [-0.25, -0.2) is 0 Å². The molecule has 1 amide bonds. The molecule has 1 saturated heterocycles. The van der Waals surface area contributed by atoms with E-state index in [2.05, 4.69) is 18.7 Å². The molecule has 1 heterocycles. The van der Waals surface area contributed by atoms with E-state index in [4.69, 9.17) is 0 Å². The molecule has 0 spiro atoms. The summed E-state index contributed by atoms with van der Waals surface area (Å²) in [5, 5.41) is 1.95. The second-order valence-electron chi connectivity index (χ2n) is 4.74. The number of piperidine rings is 1. The van der Waals surface area contributed by atoms with Crippen molar-refractivity contribution in [3.05, 3.63) is 0 Å². The van der Waals surface area contributed by atoms with E-state index in [0.717, 1.165) is 13.1 Å². The molecule has 0 aromatic heterocycles. The molecule has 3 nitrogen and oxygen atoms in total. The normalized spacial score (nSPS) is 19.6. The average molecular weight is 252 g/mol. The van der Waals surface area contributed by atoms with E-state index >= 15 is 0 Å². The van der Waals surface area contributed by atoms with E-state index < -0.39 is 18.6 Å². The second kappa shape index (κ2) is 5.71. The molecule has 1 N–H and O–H groups in total. The molecule has 0 unspecified atom stereocenters. The van der Waals surface area contributed by atoms with Gasteiger partial charge < -0.3 is 10.2 Å². The van der Waals surface area contributed by atoms with Crippen LogP contribution in [0.15, 0.2) is 0 Å². The van der Waals surface area contributed by atoms with Crippen molar-refractivity contribution in [2.45, 2.75) is 38.9 Å². The third kappa shape index (κ3) is 4.93. The first-order valence-electron chi connectivity index (χ1n) is 5.88. The highest BCUT2D eigenvalue weighted by Crippen LogP contribution is 2.19. The van der Waals surface area contributed by atoms with Crippen molar-refractivity contribution in [1.82, 2.24) is 10.2 Å². The predicted octanol–water partition coefficient (Wildman–Crippen LogP) is 1.79. The number of rotatable bonds is 3. The summed E-state index contributed by atoms with van der Waals surface area (Å²) >= 11 is 0. The maximum absolute atomic E-state index is 11.9. The van der Waals surface area contributed by atoms with E-state index in [1.807, 2.05) is 5.32 Å². The van der Waals surface area contributed by atoms with E-state index in [-0.39, 0.29) is 5.92 Å². The Labute approximate surface area is 99.4 Å². The van der Waals surface area contributed by atoms with Crippen LogP contribution in [-0.4, -0.2) is 42.7 Å². The van der Waals surface area contributed by atoms with E-state index in [1.165, 1.54) is 0 Å². The summed E-state index contributed by atoms with van der Waals surface area (Å²) < 4.78 is 35.8. The van der Waals surface area contributed by atoms with Crippen molar-refractivity contribution in [3.8, 4) is 0 Å². The summed E-state index contributed by atoms with van der Waals surface area (Å²) in [6.45, 7) is 4.48. The molecule has 100 valence electrons. The molecule has 6 heteroatoms. The van der Waals surface area contributed by atoms with Crippen LogP contribution in [0.4, 0.5) is 13.2 Å². The molecule has 1 aliphatic rings. The Hall–Kier alpha value is -0.780. The Morgan fingerprint density at radius 1 is 1.35 bits per heavy atom. The maximum Gasteiger partial charge on any atom is 0.405 e. The Morgan fingerprint density at radius 3 is 2.29 bits per heavy atom. The molecule has 1 rings (SSSR count). The van der Waals surface area contributed by atoms with Gasteiger partial charge in [0.25, 0.3) is 0 Å². The predicted molar refractivity (Wildman–Crippen MR) is 58.5 cm³/mol. The summed E-state index contributed by atoms with van der Waals surface area (Å²) in [5.74, 6) is -0.738. The van der Waals surface area contributed by atoms with Crippen LogP contribution >= 0.6 is 0 Å². The summed E-state index contributed by atoms with van der Waals surface area (Å²) in [7, 11) is 0. The van der Waals surface area contributed by atoms with Crippen molar-refractivity contribution in [2.75, 3.05) is 19.6 Å². The Morgan fingerprint density at radius 2 is 1.88 bits per heavy atom. The minimum atomic E-state index is -4.33. The highest BCUT2D eigenvalue weighted by Gasteiger charge is 2.31. The number of nitrogens with zero attached hydrogens (tertiary/aromatic N) is 1. The summed E-state index contributed by atoms with van der Waals surface area (Å²) in [6, 6.07) is 0.425. The van der Waals surface area contributed by atoms with E-state index in [9.17, 15) is 18.0 Å². The first-order valence-corrected chi connectivity index (χ1v) is 5.88. The number of amides is 1. The van der Waals surface area contributed by atoms with Crippen molar-refractivity contribution in [2.24, 2.45) is 5.92 Å². The van der Waals surface area contributed by atoms with Crippen molar-refractivity contribution >= 4 is 5.91 Å². The fraction of sp³-hybridized carbons (Fsp3) is 0.909. The van der Waals surface area contributed by atoms with Crippen LogP contribution in [0, 0.1) is 5.92 Å². The number of alkyl halides is 3. The molecule has 1 aliphatic heterocycles. The topological polar surface area (TPSA) is 32.3 Å². The van der Waals surface area contributed by atoms with Gasteiger partial charge >= 0.3 is 6.18 Å². The first-order chi connectivity index (χ1) is 7.79. The molecule has 1 fully saturated rings. The molecule has 0 atom stereocenters. The smallest absolute Gasteiger partial charge is 0.347 e. The molecule has 17 heavy (non-hydrogen) atoms. The largest absolute Gasteiger partial charge is 0.405 e. The van der Waals surface area contributed by atoms with Gasteiger partial charge in [0, 0.05) is 12.0 Å². The lowest BCUT2D eigenvalue weighted by Crippen LogP contribution is -2.44. The van der Waals surface area contributed by atoms with Crippen LogP contribution in [0.1, 0.15) is 26.7 Å². The van der Waals surface area contributed by atoms with Gasteiger partial charge in [0.1, 0.15) is 6.54 Å². The van der Waals surface area contributed by atoms with E-state index in [0.29, 0.717) is 18.9 Å². The Bertz CT molecular complexity index is 258. The molecule has 0 aromatic carbocycles. The molecular weight excluding hydrogens is 233 g/mol. The second-order valence-corrected chi connectivity index (χ2v) is 4.74. The minimum absolute atomic E-state index is 0.271. The monoisotopic (exact) mass is 252 g/mol. The molecule has 0 radical (unpaired) electrons. The van der Waals surface area contributed by atoms with Gasteiger partial charge in [0.05, 0.1) is 0 Å². The zero-order valence-electron chi connectivity index (χ0n) is 10.2. The number of nitrogens with one attached hydrogen (secondary N) is 1. The number of hydrogen-bond acceptors (Lipinski definition) is 2. The zero-order valence-corrected chi connectivity index (χ0v) is 10.2. The number of carbonyl (C=O) groups excluding carboxylic acids is 1. The van der Waals surface area contributed by atoms with Gasteiger partial charge in [-0.05, 0) is 39.8 Å². The minimum Gasteiger partial charge on any atom is -0.347 e. The highest BCUT2D eigenvalue weighted by molar-refractivity contribution is 5.78. The van der Waals surface area contributed by atoms with Gasteiger partial charge in [-0.2, -0.15) is 13.2 Å². The molecule has 0 saturated carbocycles. The van der Waals surface area contributed by atoms with Crippen LogP contribution in [0.25, 0.3) is 0 Å². The third-order valence-electron chi connectivity index (χ3n) is 3.09. The molecule has 0 bridgehead atoms. The Balaban J connectivity index is 2.31. The van der Waals surface area contributed by atoms with Gasteiger partial charge in [-0.15, -0.1) is 0 Å². The number of halogens is 3. The Kier molecular flexibility index (Phi) is 4.80. The fourth-order valence-electron chi connectivity index (χ4n) is 2.01. The van der Waals surface area contributed by atoms with Crippen molar-refractivity contribution < 1.29 is 18.0 Å². The summed E-state index contributed by atoms with van der Waals surface area (Å²) in [4.78, 5) is 13.7. The van der Waals surface area contributed by atoms with Gasteiger partial charge in [0.2, 0.25) is 5.91 Å². The van der Waals surface area contributed by atoms with Crippen LogP contribution in [0.5, 0.6) is 0 Å². The summed E-state index contributed by atoms with van der Waals surface area (Å²) in [6.07, 6.45) is -3.04. The fourth-order valence-corrected chi connectivity index (χ4v) is 2.01. The zero-order chi connectivity index (χ0) is 13.1. The lowest BCUT2D eigenvalue weighted by Gasteiger charge is -2.33. The van der Waals surface area contributed by atoms with E-state index in [1.54, 1.807) is 0 Å². The third-order valence-corrected chi connectivity index (χ3v) is 3.09. The molecule has 0 aromatic rings. The van der Waals surface area contributed by atoms with Crippen molar-refractivity contribution in [1.29, 1.82) is 0 Å². The van der Waals surface area contributed by atoms with Gasteiger partial charge in [0.15, 0.2) is 0 Å². The molecule has 0 aliphatic carbocycles. The van der Waals surface area contributed by atoms with Crippen LogP contribution < -0.4 is 5.32 Å².